The van der Waals surface area contributed by atoms with Crippen molar-refractivity contribution in [2.45, 2.75) is 33.3 Å². The van der Waals surface area contributed by atoms with E-state index in [9.17, 15) is 9.59 Å². The predicted molar refractivity (Wildman–Crippen MR) is 84.0 cm³/mol. The van der Waals surface area contributed by atoms with Gasteiger partial charge in [0.05, 0.1) is 5.69 Å². The SMILES string of the molecule is CCc1noc(C)c1C(=O)OC(C)C(=O)c1ccc(Br)cc1. The van der Waals surface area contributed by atoms with Crippen LogP contribution in [0.1, 0.15) is 46.0 Å². The first-order valence-electron chi connectivity index (χ1n) is 6.90. The highest BCUT2D eigenvalue weighted by Gasteiger charge is 2.25. The fourth-order valence-corrected chi connectivity index (χ4v) is 2.31. The van der Waals surface area contributed by atoms with Gasteiger partial charge in [-0.3, -0.25) is 4.79 Å². The van der Waals surface area contributed by atoms with Crippen LogP contribution in [0.2, 0.25) is 0 Å². The van der Waals surface area contributed by atoms with Gasteiger partial charge in [-0.15, -0.1) is 0 Å². The van der Waals surface area contributed by atoms with E-state index >= 15 is 0 Å². The van der Waals surface area contributed by atoms with Gasteiger partial charge >= 0.3 is 5.97 Å². The second kappa shape index (κ2) is 6.87. The van der Waals surface area contributed by atoms with E-state index in [4.69, 9.17) is 9.26 Å². The van der Waals surface area contributed by atoms with Crippen molar-refractivity contribution in [3.63, 3.8) is 0 Å². The summed E-state index contributed by atoms with van der Waals surface area (Å²) in [6.07, 6.45) is -0.329. The summed E-state index contributed by atoms with van der Waals surface area (Å²) in [5.74, 6) is -0.452. The van der Waals surface area contributed by atoms with Gasteiger partial charge in [0.15, 0.2) is 6.10 Å². The molecular formula is C16H16BrNO4. The van der Waals surface area contributed by atoms with Crippen molar-refractivity contribution in [3.05, 3.63) is 51.3 Å². The van der Waals surface area contributed by atoms with E-state index in [-0.39, 0.29) is 5.78 Å². The molecule has 5 nitrogen and oxygen atoms in total. The number of aromatic nitrogens is 1. The minimum absolute atomic E-state index is 0.256. The first kappa shape index (κ1) is 16.4. The summed E-state index contributed by atoms with van der Waals surface area (Å²) >= 11 is 3.31. The molecule has 22 heavy (non-hydrogen) atoms. The fourth-order valence-electron chi connectivity index (χ4n) is 2.04. The van der Waals surface area contributed by atoms with Crippen LogP contribution in [0.4, 0.5) is 0 Å². The number of carbonyl (C=O) groups is 2. The molecule has 0 aliphatic rings. The van der Waals surface area contributed by atoms with E-state index < -0.39 is 12.1 Å². The molecule has 0 saturated carbocycles. The monoisotopic (exact) mass is 365 g/mol. The van der Waals surface area contributed by atoms with Crippen LogP contribution >= 0.6 is 15.9 Å². The first-order valence-corrected chi connectivity index (χ1v) is 7.69. The molecule has 1 atom stereocenters. The Morgan fingerprint density at radius 3 is 2.55 bits per heavy atom. The molecule has 6 heteroatoms. The smallest absolute Gasteiger partial charge is 0.344 e. The molecule has 0 aliphatic carbocycles. The zero-order valence-corrected chi connectivity index (χ0v) is 14.1. The number of rotatable bonds is 5. The van der Waals surface area contributed by atoms with E-state index in [1.165, 1.54) is 0 Å². The number of ether oxygens (including phenoxy) is 1. The van der Waals surface area contributed by atoms with Crippen LogP contribution in [0.5, 0.6) is 0 Å². The Morgan fingerprint density at radius 2 is 1.95 bits per heavy atom. The summed E-state index contributed by atoms with van der Waals surface area (Å²) in [5, 5.41) is 3.81. The standard InChI is InChI=1S/C16H16BrNO4/c1-4-13-14(9(2)22-18-13)16(20)21-10(3)15(19)11-5-7-12(17)8-6-11/h5-8,10H,4H2,1-3H3. The van der Waals surface area contributed by atoms with Crippen molar-refractivity contribution >= 4 is 27.7 Å². The molecule has 1 heterocycles. The van der Waals surface area contributed by atoms with Gasteiger partial charge in [0.25, 0.3) is 0 Å². The maximum Gasteiger partial charge on any atom is 0.344 e. The van der Waals surface area contributed by atoms with Crippen LogP contribution in [0.25, 0.3) is 0 Å². The number of hydrogen-bond acceptors (Lipinski definition) is 5. The van der Waals surface area contributed by atoms with Crippen LogP contribution < -0.4 is 0 Å². The van der Waals surface area contributed by atoms with Crippen molar-refractivity contribution in [1.29, 1.82) is 0 Å². The number of ketones is 1. The molecule has 0 aliphatic heterocycles. The molecule has 0 bridgehead atoms. The summed E-state index contributed by atoms with van der Waals surface area (Å²) in [5.41, 5.74) is 1.32. The third kappa shape index (κ3) is 3.44. The Hall–Kier alpha value is -1.95. The van der Waals surface area contributed by atoms with E-state index in [0.717, 1.165) is 4.47 Å². The number of nitrogens with zero attached hydrogens (tertiary/aromatic N) is 1. The van der Waals surface area contributed by atoms with Gasteiger partial charge in [0, 0.05) is 10.0 Å². The lowest BCUT2D eigenvalue weighted by atomic mass is 10.1. The zero-order chi connectivity index (χ0) is 16.3. The number of aryl methyl sites for hydroxylation is 2. The van der Waals surface area contributed by atoms with Crippen LogP contribution in [-0.2, 0) is 11.2 Å². The van der Waals surface area contributed by atoms with Gasteiger partial charge < -0.3 is 9.26 Å². The molecule has 0 saturated heterocycles. The van der Waals surface area contributed by atoms with Gasteiger partial charge in [-0.25, -0.2) is 4.79 Å². The molecular weight excluding hydrogens is 350 g/mol. The number of halogens is 1. The largest absolute Gasteiger partial charge is 0.451 e. The van der Waals surface area contributed by atoms with Gasteiger partial charge in [0.1, 0.15) is 11.3 Å². The van der Waals surface area contributed by atoms with Crippen LogP contribution in [-0.4, -0.2) is 23.0 Å². The van der Waals surface area contributed by atoms with E-state index in [1.807, 2.05) is 6.92 Å². The highest BCUT2D eigenvalue weighted by Crippen LogP contribution is 2.18. The summed E-state index contributed by atoms with van der Waals surface area (Å²) < 4.78 is 11.1. The summed E-state index contributed by atoms with van der Waals surface area (Å²) in [6, 6.07) is 6.89. The second-order valence-electron chi connectivity index (χ2n) is 4.83. The average Bonchev–Trinajstić information content (AvgIpc) is 2.88. The zero-order valence-electron chi connectivity index (χ0n) is 12.6. The van der Waals surface area contributed by atoms with E-state index in [0.29, 0.717) is 29.0 Å². The molecule has 1 aromatic heterocycles. The van der Waals surface area contributed by atoms with Crippen molar-refractivity contribution in [2.75, 3.05) is 0 Å². The molecule has 1 unspecified atom stereocenters. The lowest BCUT2D eigenvalue weighted by Crippen LogP contribution is -2.25. The molecule has 0 spiro atoms. The minimum Gasteiger partial charge on any atom is -0.451 e. The highest BCUT2D eigenvalue weighted by atomic mass is 79.9. The van der Waals surface area contributed by atoms with Crippen LogP contribution in [0.15, 0.2) is 33.3 Å². The van der Waals surface area contributed by atoms with E-state index in [1.54, 1.807) is 38.1 Å². The molecule has 116 valence electrons. The molecule has 2 aromatic rings. The highest BCUT2D eigenvalue weighted by molar-refractivity contribution is 9.10. The minimum atomic E-state index is -0.882. The first-order chi connectivity index (χ1) is 10.4. The summed E-state index contributed by atoms with van der Waals surface area (Å²) in [4.78, 5) is 24.5. The third-order valence-electron chi connectivity index (χ3n) is 3.25. The Labute approximate surface area is 136 Å². The van der Waals surface area contributed by atoms with Crippen molar-refractivity contribution < 1.29 is 18.8 Å². The maximum absolute atomic E-state index is 12.3. The topological polar surface area (TPSA) is 69.4 Å². The van der Waals surface area contributed by atoms with Gasteiger partial charge in [-0.2, -0.15) is 0 Å². The average molecular weight is 366 g/mol. The van der Waals surface area contributed by atoms with E-state index in [2.05, 4.69) is 21.1 Å². The molecule has 2 rings (SSSR count). The second-order valence-corrected chi connectivity index (χ2v) is 5.75. The van der Waals surface area contributed by atoms with Crippen LogP contribution in [0, 0.1) is 6.92 Å². The lowest BCUT2D eigenvalue weighted by Gasteiger charge is -2.12. The quantitative estimate of drug-likeness (QED) is 0.596. The Kier molecular flexibility index (Phi) is 5.13. The van der Waals surface area contributed by atoms with Gasteiger partial charge in [-0.1, -0.05) is 40.1 Å². The molecule has 0 radical (unpaired) electrons. The molecule has 0 amide bonds. The predicted octanol–water partition coefficient (Wildman–Crippen LogP) is 3.74. The summed E-state index contributed by atoms with van der Waals surface area (Å²) in [6.45, 7) is 5.06. The number of esters is 1. The lowest BCUT2D eigenvalue weighted by molar-refractivity contribution is 0.0316. The maximum atomic E-state index is 12.3. The van der Waals surface area contributed by atoms with Crippen molar-refractivity contribution in [3.8, 4) is 0 Å². The molecule has 0 N–H and O–H groups in total. The normalized spacial score (nSPS) is 12.0. The third-order valence-corrected chi connectivity index (χ3v) is 3.78. The number of Topliss-reactive ketones (excluding diaryl/α,β-unsaturated/α-hetero) is 1. The Morgan fingerprint density at radius 1 is 1.32 bits per heavy atom. The molecule has 1 aromatic carbocycles. The fraction of sp³-hybridized carbons (Fsp3) is 0.312. The number of hydrogen-bond donors (Lipinski definition) is 0. The van der Waals surface area contributed by atoms with Crippen molar-refractivity contribution in [1.82, 2.24) is 5.16 Å². The number of carbonyl (C=O) groups excluding carboxylic acids is 2. The number of benzene rings is 1. The molecule has 0 fully saturated rings. The Bertz CT molecular complexity index is 691. The summed E-state index contributed by atoms with van der Waals surface area (Å²) in [7, 11) is 0. The van der Waals surface area contributed by atoms with Crippen molar-refractivity contribution in [2.24, 2.45) is 0 Å². The van der Waals surface area contributed by atoms with Crippen LogP contribution in [0.3, 0.4) is 0 Å². The van der Waals surface area contributed by atoms with Gasteiger partial charge in [-0.05, 0) is 32.4 Å². The Balaban J connectivity index is 2.12. The van der Waals surface area contributed by atoms with Gasteiger partial charge in [0.2, 0.25) is 5.78 Å².